The molecule has 0 saturated carbocycles. The fourth-order valence-electron chi connectivity index (χ4n) is 2.01. The number of anilines is 1. The second-order valence-corrected chi connectivity index (χ2v) is 4.84. The highest BCUT2D eigenvalue weighted by Gasteiger charge is 2.15. The molecule has 2 N–H and O–H groups in total. The summed E-state index contributed by atoms with van der Waals surface area (Å²) in [6, 6.07) is 3.04. The van der Waals surface area contributed by atoms with Crippen LogP contribution in [0.4, 0.5) is 5.82 Å². The molecule has 0 saturated heterocycles. The summed E-state index contributed by atoms with van der Waals surface area (Å²) in [5.41, 5.74) is 1.07. The van der Waals surface area contributed by atoms with Crippen molar-refractivity contribution in [1.29, 1.82) is 0 Å². The average molecular weight is 311 g/mol. The molecule has 0 spiro atoms. The van der Waals surface area contributed by atoms with Crippen LogP contribution in [-0.2, 0) is 0 Å². The van der Waals surface area contributed by atoms with E-state index in [9.17, 15) is 9.59 Å². The van der Waals surface area contributed by atoms with Crippen molar-refractivity contribution in [1.82, 2.24) is 29.7 Å². The molecule has 0 aliphatic heterocycles. The van der Waals surface area contributed by atoms with Gasteiger partial charge in [0.25, 0.3) is 11.5 Å². The van der Waals surface area contributed by atoms with Gasteiger partial charge >= 0.3 is 0 Å². The zero-order chi connectivity index (χ0) is 16.4. The van der Waals surface area contributed by atoms with Crippen molar-refractivity contribution in [3.63, 3.8) is 0 Å². The van der Waals surface area contributed by atoms with Gasteiger partial charge < -0.3 is 5.32 Å². The molecule has 116 valence electrons. The van der Waals surface area contributed by atoms with Crippen molar-refractivity contribution in [2.24, 2.45) is 0 Å². The van der Waals surface area contributed by atoms with Crippen LogP contribution >= 0.6 is 0 Å². The molecule has 23 heavy (non-hydrogen) atoms. The maximum absolute atomic E-state index is 12.2. The van der Waals surface area contributed by atoms with E-state index in [0.29, 0.717) is 17.2 Å². The van der Waals surface area contributed by atoms with Gasteiger partial charge in [-0.15, -0.1) is 0 Å². The Morgan fingerprint density at radius 2 is 2.04 bits per heavy atom. The van der Waals surface area contributed by atoms with E-state index < -0.39 is 5.91 Å². The topological polar surface area (TPSA) is 118 Å². The van der Waals surface area contributed by atoms with Gasteiger partial charge in [0.05, 0.1) is 11.9 Å². The van der Waals surface area contributed by atoms with Crippen molar-refractivity contribution in [3.8, 4) is 5.95 Å². The summed E-state index contributed by atoms with van der Waals surface area (Å²) in [4.78, 5) is 38.4. The van der Waals surface area contributed by atoms with Crippen molar-refractivity contribution < 1.29 is 4.79 Å². The fraction of sp³-hybridized carbons (Fsp3) is 0.143. The smallest absolute Gasteiger partial charge is 0.277 e. The highest BCUT2D eigenvalue weighted by molar-refractivity contribution is 6.02. The van der Waals surface area contributed by atoms with Crippen LogP contribution in [0.3, 0.4) is 0 Å². The number of hydrogen-bond acceptors (Lipinski definition) is 6. The monoisotopic (exact) mass is 311 g/mol. The van der Waals surface area contributed by atoms with Crippen LogP contribution in [0.25, 0.3) is 5.95 Å². The van der Waals surface area contributed by atoms with Crippen LogP contribution in [0.15, 0.2) is 35.5 Å². The van der Waals surface area contributed by atoms with E-state index in [-0.39, 0.29) is 17.2 Å². The Hall–Kier alpha value is -3.36. The van der Waals surface area contributed by atoms with Gasteiger partial charge in [0, 0.05) is 30.2 Å². The van der Waals surface area contributed by atoms with E-state index >= 15 is 0 Å². The first-order valence-corrected chi connectivity index (χ1v) is 6.75. The molecular weight excluding hydrogens is 298 g/mol. The zero-order valence-corrected chi connectivity index (χ0v) is 12.4. The first-order valence-electron chi connectivity index (χ1n) is 6.75. The summed E-state index contributed by atoms with van der Waals surface area (Å²) < 4.78 is 1.36. The van der Waals surface area contributed by atoms with Crippen molar-refractivity contribution in [2.45, 2.75) is 13.8 Å². The SMILES string of the molecule is Cc1cc(=O)[nH]c(-n2nc(C)cc2NC(=O)c2cnccn2)n1. The van der Waals surface area contributed by atoms with Gasteiger partial charge in [-0.05, 0) is 13.8 Å². The Morgan fingerprint density at radius 3 is 2.74 bits per heavy atom. The van der Waals surface area contributed by atoms with Crippen LogP contribution in [0, 0.1) is 13.8 Å². The lowest BCUT2D eigenvalue weighted by Crippen LogP contribution is -2.19. The van der Waals surface area contributed by atoms with Crippen LogP contribution in [0.5, 0.6) is 0 Å². The van der Waals surface area contributed by atoms with Gasteiger partial charge in [0.2, 0.25) is 5.95 Å². The number of carbonyl (C=O) groups excluding carboxylic acids is 1. The fourth-order valence-corrected chi connectivity index (χ4v) is 2.01. The van der Waals surface area contributed by atoms with Gasteiger partial charge in [-0.25, -0.2) is 9.97 Å². The minimum absolute atomic E-state index is 0.170. The van der Waals surface area contributed by atoms with Crippen LogP contribution in [0.1, 0.15) is 21.9 Å². The van der Waals surface area contributed by atoms with Crippen molar-refractivity contribution in [2.75, 3.05) is 5.32 Å². The number of nitrogens with zero attached hydrogens (tertiary/aromatic N) is 5. The van der Waals surface area contributed by atoms with Gasteiger partial charge in [-0.3, -0.25) is 19.6 Å². The lowest BCUT2D eigenvalue weighted by molar-refractivity contribution is 0.102. The predicted octanol–water partition coefficient (Wildman–Crippen LogP) is 0.615. The van der Waals surface area contributed by atoms with Crippen LogP contribution < -0.4 is 10.9 Å². The standard InChI is InChI=1S/C14H13N7O2/c1-8-6-12(22)19-14(17-8)21-11(5-9(2)20-21)18-13(23)10-7-15-3-4-16-10/h3-7H,1-2H3,(H,18,23)(H,17,19,22). The van der Waals surface area contributed by atoms with Gasteiger partial charge in [-0.2, -0.15) is 9.78 Å². The van der Waals surface area contributed by atoms with E-state index in [0.717, 1.165) is 0 Å². The normalized spacial score (nSPS) is 10.5. The Balaban J connectivity index is 1.98. The molecule has 0 atom stereocenters. The third-order valence-corrected chi connectivity index (χ3v) is 2.93. The number of carbonyl (C=O) groups is 1. The summed E-state index contributed by atoms with van der Waals surface area (Å²) in [5.74, 6) is 0.152. The number of aromatic amines is 1. The Bertz CT molecular complexity index is 914. The third kappa shape index (κ3) is 3.12. The third-order valence-electron chi connectivity index (χ3n) is 2.93. The highest BCUT2D eigenvalue weighted by Crippen LogP contribution is 2.14. The summed E-state index contributed by atoms with van der Waals surface area (Å²) in [6.07, 6.45) is 4.26. The largest absolute Gasteiger partial charge is 0.305 e. The van der Waals surface area contributed by atoms with Crippen LogP contribution in [-0.4, -0.2) is 35.6 Å². The first-order chi connectivity index (χ1) is 11.0. The van der Waals surface area contributed by atoms with Gasteiger partial charge in [0.15, 0.2) is 0 Å². The molecule has 3 aromatic rings. The minimum atomic E-state index is -0.436. The van der Waals surface area contributed by atoms with E-state index in [1.165, 1.54) is 29.3 Å². The molecule has 3 aromatic heterocycles. The maximum Gasteiger partial charge on any atom is 0.277 e. The van der Waals surface area contributed by atoms with Crippen molar-refractivity contribution in [3.05, 3.63) is 58.2 Å². The van der Waals surface area contributed by atoms with Gasteiger partial charge in [0.1, 0.15) is 11.5 Å². The molecule has 0 fully saturated rings. The second-order valence-electron chi connectivity index (χ2n) is 4.84. The number of aromatic nitrogens is 6. The Kier molecular flexibility index (Phi) is 3.67. The zero-order valence-electron chi connectivity index (χ0n) is 12.4. The Labute approximate surface area is 130 Å². The summed E-state index contributed by atoms with van der Waals surface area (Å²) in [5, 5.41) is 6.93. The molecular formula is C14H13N7O2. The van der Waals surface area contributed by atoms with Crippen molar-refractivity contribution >= 4 is 11.7 Å². The molecule has 3 rings (SSSR count). The maximum atomic E-state index is 12.2. The number of hydrogen-bond donors (Lipinski definition) is 2. The number of amides is 1. The van der Waals surface area contributed by atoms with Gasteiger partial charge in [-0.1, -0.05) is 0 Å². The van der Waals surface area contributed by atoms with E-state index in [1.54, 1.807) is 19.9 Å². The predicted molar refractivity (Wildman–Crippen MR) is 81.4 cm³/mol. The lowest BCUT2D eigenvalue weighted by Gasteiger charge is -2.07. The van der Waals surface area contributed by atoms with E-state index in [1.807, 2.05) is 0 Å². The van der Waals surface area contributed by atoms with E-state index in [2.05, 4.69) is 30.4 Å². The second kappa shape index (κ2) is 5.79. The quantitative estimate of drug-likeness (QED) is 0.731. The summed E-state index contributed by atoms with van der Waals surface area (Å²) in [7, 11) is 0. The number of aryl methyl sites for hydroxylation is 2. The molecule has 0 unspecified atom stereocenters. The molecule has 3 heterocycles. The molecule has 0 aliphatic rings. The molecule has 9 heteroatoms. The molecule has 9 nitrogen and oxygen atoms in total. The number of nitrogens with one attached hydrogen (secondary N) is 2. The lowest BCUT2D eigenvalue weighted by atomic mass is 10.4. The molecule has 0 bridgehead atoms. The number of H-pyrrole nitrogens is 1. The molecule has 0 aliphatic carbocycles. The number of rotatable bonds is 3. The average Bonchev–Trinajstić information content (AvgIpc) is 2.88. The minimum Gasteiger partial charge on any atom is -0.305 e. The molecule has 1 amide bonds. The highest BCUT2D eigenvalue weighted by atomic mass is 16.2. The summed E-state index contributed by atoms with van der Waals surface area (Å²) in [6.45, 7) is 3.47. The summed E-state index contributed by atoms with van der Waals surface area (Å²) >= 11 is 0. The first kappa shape index (κ1) is 14.6. The molecule has 0 radical (unpaired) electrons. The Morgan fingerprint density at radius 1 is 1.22 bits per heavy atom. The molecule has 0 aromatic carbocycles. The van der Waals surface area contributed by atoms with Crippen LogP contribution in [0.2, 0.25) is 0 Å². The van der Waals surface area contributed by atoms with E-state index in [4.69, 9.17) is 0 Å².